The molecule has 1 aliphatic rings. The topological polar surface area (TPSA) is 69.9 Å². The predicted molar refractivity (Wildman–Crippen MR) is 103 cm³/mol. The van der Waals surface area contributed by atoms with Crippen molar-refractivity contribution in [1.29, 1.82) is 0 Å². The lowest BCUT2D eigenvalue weighted by Gasteiger charge is -2.40. The molecule has 1 fully saturated rings. The number of hydrogen-bond acceptors (Lipinski definition) is 6. The highest BCUT2D eigenvalue weighted by Crippen LogP contribution is 2.37. The summed E-state index contributed by atoms with van der Waals surface area (Å²) in [7, 11) is 0. The zero-order valence-electron chi connectivity index (χ0n) is 13.3. The second-order valence-corrected chi connectivity index (χ2v) is 9.01. The van der Waals surface area contributed by atoms with E-state index in [4.69, 9.17) is 27.9 Å². The lowest BCUT2D eigenvalue weighted by molar-refractivity contribution is -0.200. The van der Waals surface area contributed by atoms with Gasteiger partial charge in [0.2, 0.25) is 0 Å². The fourth-order valence-corrected chi connectivity index (χ4v) is 4.83. The molecule has 0 radical (unpaired) electrons. The van der Waals surface area contributed by atoms with Crippen LogP contribution in [-0.2, 0) is 11.2 Å². The van der Waals surface area contributed by atoms with Gasteiger partial charge >= 0.3 is 0 Å². The van der Waals surface area contributed by atoms with E-state index in [1.54, 1.807) is 18.4 Å². The molecule has 1 saturated heterocycles. The maximum Gasteiger partial charge on any atom is 0.132 e. The molecule has 1 aromatic carbocycles. The molecule has 0 saturated carbocycles. The van der Waals surface area contributed by atoms with Crippen LogP contribution in [-0.4, -0.2) is 45.3 Å². The Bertz CT molecular complexity index is 737. The van der Waals surface area contributed by atoms with Gasteiger partial charge in [0.15, 0.2) is 0 Å². The van der Waals surface area contributed by atoms with Crippen LogP contribution in [0, 0.1) is 0 Å². The highest BCUT2D eigenvalue weighted by molar-refractivity contribution is 7.99. The number of halogens is 2. The van der Waals surface area contributed by atoms with Crippen molar-refractivity contribution >= 4 is 46.3 Å². The fraction of sp³-hybridized carbons (Fsp3) is 0.412. The molecule has 0 amide bonds. The van der Waals surface area contributed by atoms with Crippen molar-refractivity contribution < 1.29 is 20.1 Å². The highest BCUT2D eigenvalue weighted by Gasteiger charge is 2.44. The van der Waals surface area contributed by atoms with E-state index >= 15 is 0 Å². The van der Waals surface area contributed by atoms with Crippen LogP contribution < -0.4 is 0 Å². The third-order valence-corrected chi connectivity index (χ3v) is 6.65. The van der Waals surface area contributed by atoms with E-state index in [0.717, 1.165) is 10.4 Å². The van der Waals surface area contributed by atoms with Crippen LogP contribution in [0.4, 0.5) is 0 Å². The molecule has 5 unspecified atom stereocenters. The summed E-state index contributed by atoms with van der Waals surface area (Å²) in [5.41, 5.74) is 0.980. The summed E-state index contributed by atoms with van der Waals surface area (Å²) in [4.78, 5) is 1.08. The first-order valence-electron chi connectivity index (χ1n) is 7.65. The predicted octanol–water partition coefficient (Wildman–Crippen LogP) is 3.49. The Morgan fingerprint density at radius 2 is 1.84 bits per heavy atom. The summed E-state index contributed by atoms with van der Waals surface area (Å²) >= 11 is 15.1. The first-order valence-corrected chi connectivity index (χ1v) is 10.5. The van der Waals surface area contributed by atoms with Gasteiger partial charge in [0, 0.05) is 16.3 Å². The van der Waals surface area contributed by atoms with Crippen molar-refractivity contribution in [1.82, 2.24) is 0 Å². The van der Waals surface area contributed by atoms with Crippen molar-refractivity contribution in [3.63, 3.8) is 0 Å². The minimum Gasteiger partial charge on any atom is -0.387 e. The molecule has 5 atom stereocenters. The van der Waals surface area contributed by atoms with Crippen LogP contribution in [0.2, 0.25) is 9.36 Å². The summed E-state index contributed by atoms with van der Waals surface area (Å²) in [5.74, 6) is 0. The number of aliphatic hydroxyl groups is 3. The first kappa shape index (κ1) is 19.5. The molecule has 1 aromatic heterocycles. The zero-order valence-corrected chi connectivity index (χ0v) is 16.4. The maximum absolute atomic E-state index is 10.3. The van der Waals surface area contributed by atoms with Gasteiger partial charge in [-0.1, -0.05) is 35.3 Å². The number of thiophene rings is 1. The molecule has 0 bridgehead atoms. The molecule has 136 valence electrons. The van der Waals surface area contributed by atoms with Gasteiger partial charge in [-0.05, 0) is 35.6 Å². The summed E-state index contributed by atoms with van der Waals surface area (Å²) in [6, 6.07) is 9.18. The number of hydrogen-bond donors (Lipinski definition) is 3. The zero-order chi connectivity index (χ0) is 18.1. The van der Waals surface area contributed by atoms with Crippen molar-refractivity contribution in [2.45, 2.75) is 36.3 Å². The normalized spacial score (nSPS) is 29.8. The van der Waals surface area contributed by atoms with Gasteiger partial charge < -0.3 is 20.1 Å². The summed E-state index contributed by atoms with van der Waals surface area (Å²) < 4.78 is 6.52. The summed E-state index contributed by atoms with van der Waals surface area (Å²) in [5, 5.41) is 31.0. The van der Waals surface area contributed by atoms with Crippen molar-refractivity contribution in [3.05, 3.63) is 55.7 Å². The number of ether oxygens (including phenoxy) is 1. The summed E-state index contributed by atoms with van der Waals surface area (Å²) in [6.45, 7) is 0. The van der Waals surface area contributed by atoms with Crippen molar-refractivity contribution in [2.75, 3.05) is 6.26 Å². The lowest BCUT2D eigenvalue weighted by atomic mass is 9.93. The molecule has 0 spiro atoms. The third-order valence-electron chi connectivity index (χ3n) is 4.19. The lowest BCUT2D eigenvalue weighted by Crippen LogP contribution is -2.52. The maximum atomic E-state index is 10.3. The van der Waals surface area contributed by atoms with Gasteiger partial charge in [0.25, 0.3) is 0 Å². The molecule has 4 nitrogen and oxygen atoms in total. The Balaban J connectivity index is 1.88. The van der Waals surface area contributed by atoms with Crippen LogP contribution in [0.25, 0.3) is 0 Å². The molecular weight excluding hydrogens is 403 g/mol. The molecular formula is C17H18Cl2O4S2. The monoisotopic (exact) mass is 420 g/mol. The van der Waals surface area contributed by atoms with E-state index in [9.17, 15) is 15.3 Å². The van der Waals surface area contributed by atoms with Crippen LogP contribution in [0.1, 0.15) is 22.1 Å². The number of thioether (sulfide) groups is 1. The smallest absolute Gasteiger partial charge is 0.132 e. The Kier molecular flexibility index (Phi) is 6.34. The van der Waals surface area contributed by atoms with Gasteiger partial charge in [0.05, 0.1) is 4.34 Å². The average Bonchev–Trinajstić information content (AvgIpc) is 3.00. The quantitative estimate of drug-likeness (QED) is 0.705. The van der Waals surface area contributed by atoms with Crippen LogP contribution in [0.15, 0.2) is 30.3 Å². The average molecular weight is 421 g/mol. The second-order valence-electron chi connectivity index (χ2n) is 5.87. The Labute approximate surface area is 164 Å². The molecule has 8 heteroatoms. The Hall–Kier alpha value is -0.310. The molecule has 2 heterocycles. The number of rotatable bonds is 4. The second kappa shape index (κ2) is 8.15. The van der Waals surface area contributed by atoms with Gasteiger partial charge in [-0.3, -0.25) is 0 Å². The minimum absolute atomic E-state index is 0.612. The number of benzene rings is 1. The van der Waals surface area contributed by atoms with Gasteiger partial charge in [-0.15, -0.1) is 23.1 Å². The number of aliphatic hydroxyl groups excluding tert-OH is 3. The summed E-state index contributed by atoms with van der Waals surface area (Å²) in [6.07, 6.45) is -1.97. The molecule has 3 N–H and O–H groups in total. The molecule has 25 heavy (non-hydrogen) atoms. The van der Waals surface area contributed by atoms with E-state index in [1.807, 2.05) is 18.2 Å². The van der Waals surface area contributed by atoms with E-state index < -0.39 is 29.9 Å². The van der Waals surface area contributed by atoms with Crippen LogP contribution >= 0.6 is 46.3 Å². The van der Waals surface area contributed by atoms with E-state index in [1.165, 1.54) is 23.1 Å². The minimum atomic E-state index is -1.27. The first-order chi connectivity index (χ1) is 11.9. The van der Waals surface area contributed by atoms with E-state index in [0.29, 0.717) is 21.3 Å². The molecule has 0 aliphatic carbocycles. The van der Waals surface area contributed by atoms with E-state index in [-0.39, 0.29) is 0 Å². The van der Waals surface area contributed by atoms with E-state index in [2.05, 4.69) is 0 Å². The van der Waals surface area contributed by atoms with Crippen LogP contribution in [0.5, 0.6) is 0 Å². The van der Waals surface area contributed by atoms with Crippen LogP contribution in [0.3, 0.4) is 0 Å². The molecule has 1 aliphatic heterocycles. The fourth-order valence-electron chi connectivity index (χ4n) is 2.86. The molecule has 2 aromatic rings. The third kappa shape index (κ3) is 4.17. The van der Waals surface area contributed by atoms with Gasteiger partial charge in [0.1, 0.15) is 29.9 Å². The Morgan fingerprint density at radius 1 is 1.08 bits per heavy atom. The van der Waals surface area contributed by atoms with Gasteiger partial charge in [-0.2, -0.15) is 0 Å². The SMILES string of the molecule is CSC1OC(c2ccc(Cl)c(Cc3ccc(Cl)s3)c2)C(O)C(O)C1O. The standard InChI is InChI=1S/C17H18Cl2O4S2/c1-24-17-15(22)13(20)14(21)16(23-17)8-2-4-11(18)9(6-8)7-10-3-5-12(19)25-10/h2-6,13-17,20-22H,7H2,1H3. The highest BCUT2D eigenvalue weighted by atomic mass is 35.5. The van der Waals surface area contributed by atoms with Gasteiger partial charge in [-0.25, -0.2) is 0 Å². The molecule has 3 rings (SSSR count). The largest absolute Gasteiger partial charge is 0.387 e. The van der Waals surface area contributed by atoms with Crippen molar-refractivity contribution in [2.24, 2.45) is 0 Å². The Morgan fingerprint density at radius 3 is 2.48 bits per heavy atom. The van der Waals surface area contributed by atoms with Crippen molar-refractivity contribution in [3.8, 4) is 0 Å².